The molecule has 1 aliphatic heterocycles. The summed E-state index contributed by atoms with van der Waals surface area (Å²) in [7, 11) is -4.23. The molecule has 3 aromatic rings. The summed E-state index contributed by atoms with van der Waals surface area (Å²) in [6.07, 6.45) is -3.84. The number of rotatable bonds is 9. The third kappa shape index (κ3) is 5.50. The zero-order valence-electron chi connectivity index (χ0n) is 18.9. The van der Waals surface area contributed by atoms with Crippen LogP contribution >= 0.6 is 0 Å². The maximum Gasteiger partial charge on any atom is 0.586 e. The van der Waals surface area contributed by atoms with Gasteiger partial charge in [-0.3, -0.25) is 9.52 Å². The Morgan fingerprint density at radius 2 is 1.72 bits per heavy atom. The molecule has 0 aromatic heterocycles. The normalized spacial score (nSPS) is 14.7. The first-order valence-electron chi connectivity index (χ1n) is 10.8. The molecule has 0 saturated heterocycles. The number of alkyl halides is 2. The van der Waals surface area contributed by atoms with Crippen LogP contribution in [0, 0.1) is 0 Å². The number of hydrogen-bond acceptors (Lipinski definition) is 7. The lowest BCUT2D eigenvalue weighted by Crippen LogP contribution is -2.25. The minimum Gasteiger partial charge on any atom is -0.492 e. The number of benzene rings is 3. The van der Waals surface area contributed by atoms with Crippen molar-refractivity contribution in [2.24, 2.45) is 0 Å². The van der Waals surface area contributed by atoms with Gasteiger partial charge in [0, 0.05) is 17.8 Å². The second kappa shape index (κ2) is 9.99. The van der Waals surface area contributed by atoms with Crippen LogP contribution in [-0.4, -0.2) is 38.9 Å². The predicted molar refractivity (Wildman–Crippen MR) is 126 cm³/mol. The number of ether oxygens (including phenoxy) is 3. The van der Waals surface area contributed by atoms with Crippen LogP contribution in [0.2, 0.25) is 0 Å². The van der Waals surface area contributed by atoms with Gasteiger partial charge in [0.1, 0.15) is 10.6 Å². The highest BCUT2D eigenvalue weighted by atomic mass is 32.2. The number of aliphatic hydroxyl groups is 1. The summed E-state index contributed by atoms with van der Waals surface area (Å²) in [6.45, 7) is 1.36. The topological polar surface area (TPSA) is 123 Å². The Morgan fingerprint density at radius 1 is 1.03 bits per heavy atom. The highest BCUT2D eigenvalue weighted by Gasteiger charge is 2.43. The highest BCUT2D eigenvalue weighted by molar-refractivity contribution is 7.92. The lowest BCUT2D eigenvalue weighted by atomic mass is 9.99. The molecule has 0 radical (unpaired) electrons. The molecule has 4 rings (SSSR count). The van der Waals surface area contributed by atoms with Gasteiger partial charge in [-0.1, -0.05) is 30.3 Å². The number of carbonyl (C=O) groups is 1. The van der Waals surface area contributed by atoms with Crippen molar-refractivity contribution in [2.45, 2.75) is 24.0 Å². The van der Waals surface area contributed by atoms with Crippen molar-refractivity contribution < 1.29 is 41.3 Å². The molecule has 0 unspecified atom stereocenters. The van der Waals surface area contributed by atoms with Crippen molar-refractivity contribution in [1.82, 2.24) is 0 Å². The molecule has 3 aromatic carbocycles. The average Bonchev–Trinajstić information content (AvgIpc) is 3.13. The van der Waals surface area contributed by atoms with Gasteiger partial charge in [-0.05, 0) is 36.8 Å². The van der Waals surface area contributed by atoms with Crippen molar-refractivity contribution in [3.63, 3.8) is 0 Å². The van der Waals surface area contributed by atoms with E-state index in [9.17, 15) is 27.1 Å². The van der Waals surface area contributed by atoms with E-state index in [0.717, 1.165) is 12.1 Å². The summed E-state index contributed by atoms with van der Waals surface area (Å²) in [5, 5.41) is 12.4. The number of aliphatic hydroxyl groups excluding tert-OH is 1. The first kappa shape index (κ1) is 25.2. The maximum atomic E-state index is 13.3. The highest BCUT2D eigenvalue weighted by Crippen LogP contribution is 2.42. The van der Waals surface area contributed by atoms with E-state index in [4.69, 9.17) is 4.74 Å². The number of amides is 1. The Labute approximate surface area is 205 Å². The van der Waals surface area contributed by atoms with Crippen molar-refractivity contribution in [3.8, 4) is 17.2 Å². The van der Waals surface area contributed by atoms with Crippen LogP contribution in [0.1, 0.15) is 18.4 Å². The lowest BCUT2D eigenvalue weighted by molar-refractivity contribution is -0.286. The summed E-state index contributed by atoms with van der Waals surface area (Å²) in [6, 6.07) is 16.1. The molecule has 0 spiro atoms. The van der Waals surface area contributed by atoms with E-state index >= 15 is 0 Å². The van der Waals surface area contributed by atoms with Crippen molar-refractivity contribution in [2.75, 3.05) is 23.3 Å². The second-order valence-corrected chi connectivity index (χ2v) is 9.31. The Hall–Kier alpha value is -3.90. The van der Waals surface area contributed by atoms with Gasteiger partial charge in [0.25, 0.3) is 10.0 Å². The van der Waals surface area contributed by atoms with Gasteiger partial charge in [0.15, 0.2) is 11.5 Å². The Kier molecular flexibility index (Phi) is 7.00. The van der Waals surface area contributed by atoms with E-state index in [2.05, 4.69) is 19.5 Å². The molecule has 1 aliphatic rings. The van der Waals surface area contributed by atoms with Crippen molar-refractivity contribution in [1.29, 1.82) is 0 Å². The smallest absolute Gasteiger partial charge is 0.492 e. The molecule has 0 bridgehead atoms. The molecular weight excluding hydrogens is 498 g/mol. The Bertz CT molecular complexity index is 1370. The molecule has 0 aliphatic carbocycles. The van der Waals surface area contributed by atoms with Gasteiger partial charge in [-0.2, -0.15) is 0 Å². The van der Waals surface area contributed by atoms with Crippen molar-refractivity contribution >= 4 is 27.3 Å². The molecule has 36 heavy (non-hydrogen) atoms. The van der Waals surface area contributed by atoms with Crippen LogP contribution in [0.4, 0.5) is 20.2 Å². The van der Waals surface area contributed by atoms with Crippen LogP contribution in [0.15, 0.2) is 71.6 Å². The third-order valence-electron chi connectivity index (χ3n) is 5.16. The monoisotopic (exact) mass is 520 g/mol. The zero-order chi connectivity index (χ0) is 25.9. The van der Waals surface area contributed by atoms with Crippen LogP contribution in [-0.2, 0) is 14.8 Å². The fourth-order valence-electron chi connectivity index (χ4n) is 3.55. The molecule has 0 saturated carbocycles. The fourth-order valence-corrected chi connectivity index (χ4v) is 4.73. The van der Waals surface area contributed by atoms with Crippen LogP contribution in [0.3, 0.4) is 0 Å². The van der Waals surface area contributed by atoms with E-state index in [1.54, 1.807) is 37.3 Å². The first-order chi connectivity index (χ1) is 17.1. The standard InChI is InChI=1S/C24H22F2N2O7S/c1-2-33-21-12-16(27-23(30)18(14-29)15-6-4-3-5-7-15)9-11-22(21)36(31,32)28-17-8-10-19-20(13-17)35-24(25,26)34-19/h3-13,18,28-29H,2,14H2,1H3,(H,27,30)/t18-/m0/s1. The lowest BCUT2D eigenvalue weighted by Gasteiger charge is -2.17. The Balaban J connectivity index is 1.56. The van der Waals surface area contributed by atoms with Gasteiger partial charge >= 0.3 is 6.29 Å². The van der Waals surface area contributed by atoms with Gasteiger partial charge < -0.3 is 24.6 Å². The third-order valence-corrected chi connectivity index (χ3v) is 6.58. The van der Waals surface area contributed by atoms with Crippen LogP contribution < -0.4 is 24.2 Å². The summed E-state index contributed by atoms with van der Waals surface area (Å²) in [4.78, 5) is 12.5. The number of halogens is 2. The first-order valence-corrected chi connectivity index (χ1v) is 12.3. The number of hydrogen-bond donors (Lipinski definition) is 3. The zero-order valence-corrected chi connectivity index (χ0v) is 19.7. The summed E-state index contributed by atoms with van der Waals surface area (Å²) >= 11 is 0. The van der Waals surface area contributed by atoms with Crippen molar-refractivity contribution in [3.05, 3.63) is 72.3 Å². The number of anilines is 2. The molecule has 9 nitrogen and oxygen atoms in total. The molecule has 1 heterocycles. The Morgan fingerprint density at radius 3 is 2.42 bits per heavy atom. The SMILES string of the molecule is CCOc1cc(NC(=O)[C@@H](CO)c2ccccc2)ccc1S(=O)(=O)Nc1ccc2c(c1)OC(F)(F)O2. The molecule has 1 atom stereocenters. The molecule has 1 amide bonds. The van der Waals surface area contributed by atoms with E-state index < -0.39 is 34.7 Å². The maximum absolute atomic E-state index is 13.3. The quantitative estimate of drug-likeness (QED) is 0.391. The molecule has 0 fully saturated rings. The molecule has 190 valence electrons. The summed E-state index contributed by atoms with van der Waals surface area (Å²) in [5.74, 6) is -1.91. The van der Waals surface area contributed by atoms with E-state index in [-0.39, 0.29) is 40.1 Å². The van der Waals surface area contributed by atoms with E-state index in [1.807, 2.05) is 0 Å². The van der Waals surface area contributed by atoms with Gasteiger partial charge in [-0.15, -0.1) is 8.78 Å². The predicted octanol–water partition coefficient (Wildman–Crippen LogP) is 3.92. The van der Waals surface area contributed by atoms with E-state index in [1.165, 1.54) is 24.3 Å². The fraction of sp³-hybridized carbons (Fsp3) is 0.208. The minimum atomic E-state index is -4.23. The van der Waals surface area contributed by atoms with Gasteiger partial charge in [-0.25, -0.2) is 8.42 Å². The second-order valence-electron chi connectivity index (χ2n) is 7.66. The van der Waals surface area contributed by atoms with Gasteiger partial charge in [0.05, 0.1) is 24.8 Å². The molecular formula is C24H22F2N2O7S. The molecule has 3 N–H and O–H groups in total. The number of sulfonamides is 1. The van der Waals surface area contributed by atoms with E-state index in [0.29, 0.717) is 5.56 Å². The minimum absolute atomic E-state index is 0.0384. The number of nitrogens with one attached hydrogen (secondary N) is 2. The van der Waals surface area contributed by atoms with Crippen LogP contribution in [0.25, 0.3) is 0 Å². The van der Waals surface area contributed by atoms with Crippen LogP contribution in [0.5, 0.6) is 17.2 Å². The summed E-state index contributed by atoms with van der Waals surface area (Å²) < 4.78 is 69.1. The number of carbonyl (C=O) groups excluding carboxylic acids is 1. The summed E-state index contributed by atoms with van der Waals surface area (Å²) in [5.41, 5.74) is 0.832. The largest absolute Gasteiger partial charge is 0.586 e. The van der Waals surface area contributed by atoms with Gasteiger partial charge in [0.2, 0.25) is 5.91 Å². The number of fused-ring (bicyclic) bond motifs is 1. The average molecular weight is 521 g/mol. The molecule has 12 heteroatoms.